The van der Waals surface area contributed by atoms with Crippen LogP contribution in [0.2, 0.25) is 0 Å². The number of unbranched alkanes of at least 4 members (excludes halogenated alkanes) is 2. The van der Waals surface area contributed by atoms with Crippen molar-refractivity contribution in [1.29, 1.82) is 0 Å². The SMILES string of the molecule is C=C/C(=C\C=C(/C)F)CC(C)NC(=O)C(C)C(OC)C1CCCN1C(=O)CC(OC)C(C(C)CC)N(C)C(=O)CC(CCCCCN1C(=O)CC(SCCCC(C)(C)CC)C1=O)C(C)C.CC.CCC.CNC=O.NC=O.O=CO. The Kier molecular flexibility index (Phi) is 50.2. The second kappa shape index (κ2) is 49.0. The summed E-state index contributed by atoms with van der Waals surface area (Å²) in [6.07, 6.45) is 15.9. The Bertz CT molecular complexity index is 1790. The van der Waals surface area contributed by atoms with Crippen LogP contribution in [0.3, 0.4) is 0 Å². The number of imide groups is 1. The number of nitrogens with two attached hydrogens (primary N) is 1. The summed E-state index contributed by atoms with van der Waals surface area (Å²) in [6.45, 7) is 33.1. The largest absolute Gasteiger partial charge is 0.483 e. The number of rotatable bonds is 32. The number of hydrogen-bond acceptors (Lipinski definition) is 11. The van der Waals surface area contributed by atoms with Crippen molar-refractivity contribution in [2.75, 3.05) is 47.2 Å². The highest BCUT2D eigenvalue weighted by Crippen LogP contribution is 2.33. The van der Waals surface area contributed by atoms with Crippen molar-refractivity contribution in [3.63, 3.8) is 0 Å². The molecule has 0 bridgehead atoms. The van der Waals surface area contributed by atoms with Crippen molar-refractivity contribution >= 4 is 60.6 Å². The van der Waals surface area contributed by atoms with Gasteiger partial charge in [0.15, 0.2) is 0 Å². The molecule has 2 aliphatic heterocycles. The minimum absolute atomic E-state index is 0.0239. The van der Waals surface area contributed by atoms with Crippen LogP contribution in [0.25, 0.3) is 0 Å². The number of nitrogens with one attached hydrogen (secondary N) is 2. The first-order valence-electron chi connectivity index (χ1n) is 29.2. The molecule has 0 aromatic rings. The maximum atomic E-state index is 14.3. The molecule has 2 fully saturated rings. The van der Waals surface area contributed by atoms with E-state index in [1.165, 1.54) is 24.3 Å². The maximum absolute atomic E-state index is 14.3. The minimum atomic E-state index is -0.554. The van der Waals surface area contributed by atoms with E-state index >= 15 is 0 Å². The van der Waals surface area contributed by atoms with Gasteiger partial charge in [0.25, 0.3) is 6.47 Å². The van der Waals surface area contributed by atoms with E-state index in [2.05, 4.69) is 85.3 Å². The number of primary amides is 1. The zero-order chi connectivity index (χ0) is 62.6. The van der Waals surface area contributed by atoms with Crippen LogP contribution in [0.1, 0.15) is 193 Å². The van der Waals surface area contributed by atoms with E-state index in [4.69, 9.17) is 29.0 Å². The lowest BCUT2D eigenvalue weighted by molar-refractivity contribution is -0.146. The summed E-state index contributed by atoms with van der Waals surface area (Å²) in [5, 5.41) is 11.9. The Morgan fingerprint density at radius 2 is 1.54 bits per heavy atom. The molecule has 0 saturated carbocycles. The summed E-state index contributed by atoms with van der Waals surface area (Å²) < 4.78 is 25.4. The summed E-state index contributed by atoms with van der Waals surface area (Å²) in [7, 11) is 6.58. The van der Waals surface area contributed by atoms with Gasteiger partial charge in [-0.05, 0) is 99.4 Å². The molecule has 9 unspecified atom stereocenters. The first-order chi connectivity index (χ1) is 37.8. The molecule has 9 atom stereocenters. The van der Waals surface area contributed by atoms with Gasteiger partial charge in [-0.3, -0.25) is 43.3 Å². The average Bonchev–Trinajstić information content (AvgIpc) is 4.01. The highest BCUT2D eigenvalue weighted by molar-refractivity contribution is 8.00. The summed E-state index contributed by atoms with van der Waals surface area (Å²) in [6, 6.07) is -0.876. The molecular formula is C61H113FN6O11S. The van der Waals surface area contributed by atoms with Gasteiger partial charge in [0.05, 0.1) is 47.7 Å². The van der Waals surface area contributed by atoms with Crippen molar-refractivity contribution in [2.24, 2.45) is 34.8 Å². The monoisotopic (exact) mass is 1160 g/mol. The number of likely N-dealkylation sites (tertiary alicyclic amines) is 2. The first kappa shape index (κ1) is 81.8. The fraction of sp³-hybridized carbons (Fsp3) is 0.770. The van der Waals surface area contributed by atoms with Crippen molar-refractivity contribution in [1.82, 2.24) is 25.3 Å². The number of halogens is 1. The molecule has 0 aliphatic carbocycles. The van der Waals surface area contributed by atoms with Crippen LogP contribution in [-0.4, -0.2) is 151 Å². The zero-order valence-electron chi connectivity index (χ0n) is 52.9. The van der Waals surface area contributed by atoms with Crippen LogP contribution >= 0.6 is 11.8 Å². The average molecular weight is 1160 g/mol. The third-order valence-corrected chi connectivity index (χ3v) is 15.7. The lowest BCUT2D eigenvalue weighted by Crippen LogP contribution is -2.53. The Hall–Kier alpha value is -4.62. The number of carbonyl (C=O) groups is 8. The molecule has 0 aromatic carbocycles. The molecule has 0 aromatic heterocycles. The summed E-state index contributed by atoms with van der Waals surface area (Å²) in [5.74, 6) is 0.161. The molecule has 466 valence electrons. The van der Waals surface area contributed by atoms with Gasteiger partial charge in [-0.15, -0.1) is 11.8 Å². The van der Waals surface area contributed by atoms with E-state index in [9.17, 15) is 28.4 Å². The number of allylic oxidation sites excluding steroid dienone is 4. The zero-order valence-corrected chi connectivity index (χ0v) is 53.7. The van der Waals surface area contributed by atoms with Crippen LogP contribution < -0.4 is 16.4 Å². The fourth-order valence-corrected chi connectivity index (χ4v) is 10.5. The third kappa shape index (κ3) is 34.0. The number of thioether (sulfide) groups is 1. The Labute approximate surface area is 488 Å². The summed E-state index contributed by atoms with van der Waals surface area (Å²) >= 11 is 1.63. The molecule has 5 N–H and O–H groups in total. The normalized spacial score (nSPS) is 17.7. The van der Waals surface area contributed by atoms with Crippen molar-refractivity contribution in [3.8, 4) is 0 Å². The number of hydrogen-bond donors (Lipinski definition) is 4. The molecule has 7 amide bonds. The van der Waals surface area contributed by atoms with E-state index in [1.807, 2.05) is 44.5 Å². The van der Waals surface area contributed by atoms with Gasteiger partial charge in [0, 0.05) is 60.3 Å². The highest BCUT2D eigenvalue weighted by Gasteiger charge is 2.43. The number of methoxy groups -OCH3 is 2. The van der Waals surface area contributed by atoms with E-state index in [1.54, 1.807) is 45.2 Å². The number of carbonyl (C=O) groups excluding carboxylic acids is 7. The van der Waals surface area contributed by atoms with Gasteiger partial charge in [-0.2, -0.15) is 0 Å². The van der Waals surface area contributed by atoms with Gasteiger partial charge in [-0.25, -0.2) is 4.39 Å². The maximum Gasteiger partial charge on any atom is 0.290 e. The third-order valence-electron chi connectivity index (χ3n) is 14.5. The van der Waals surface area contributed by atoms with Gasteiger partial charge >= 0.3 is 0 Å². The second-order valence-corrected chi connectivity index (χ2v) is 22.7. The Balaban J connectivity index is -0.00000172. The van der Waals surface area contributed by atoms with Crippen molar-refractivity contribution in [3.05, 3.63) is 36.2 Å². The topological polar surface area (TPSA) is 235 Å². The quantitative estimate of drug-likeness (QED) is 0.0213. The molecule has 0 spiro atoms. The smallest absolute Gasteiger partial charge is 0.290 e. The van der Waals surface area contributed by atoms with Crippen LogP contribution in [0.4, 0.5) is 4.39 Å². The summed E-state index contributed by atoms with van der Waals surface area (Å²) in [5.41, 5.74) is 5.27. The van der Waals surface area contributed by atoms with Gasteiger partial charge in [0.1, 0.15) is 0 Å². The first-order valence-corrected chi connectivity index (χ1v) is 30.2. The molecule has 0 radical (unpaired) electrons. The van der Waals surface area contributed by atoms with Crippen LogP contribution in [0.15, 0.2) is 36.2 Å². The van der Waals surface area contributed by atoms with Crippen molar-refractivity contribution < 1.29 is 57.3 Å². The van der Waals surface area contributed by atoms with Gasteiger partial charge in [0.2, 0.25) is 42.4 Å². The lowest BCUT2D eigenvalue weighted by Gasteiger charge is -2.40. The predicted octanol–water partition coefficient (Wildman–Crippen LogP) is 10.7. The number of likely N-dealkylation sites (N-methyl/N-ethyl adjacent to an activating group) is 1. The molecule has 2 rings (SSSR count). The molecule has 80 heavy (non-hydrogen) atoms. The van der Waals surface area contributed by atoms with Crippen LogP contribution in [0, 0.1) is 29.1 Å². The second-order valence-electron chi connectivity index (χ2n) is 21.4. The van der Waals surface area contributed by atoms with Crippen molar-refractivity contribution in [2.45, 2.75) is 229 Å². The van der Waals surface area contributed by atoms with E-state index < -0.39 is 18.1 Å². The molecule has 17 nitrogen and oxygen atoms in total. The highest BCUT2D eigenvalue weighted by atomic mass is 32.2. The van der Waals surface area contributed by atoms with E-state index in [0.717, 1.165) is 69.1 Å². The minimum Gasteiger partial charge on any atom is -0.483 e. The molecule has 2 heterocycles. The molecule has 2 saturated heterocycles. The van der Waals surface area contributed by atoms with Gasteiger partial charge in [-0.1, -0.05) is 134 Å². The van der Waals surface area contributed by atoms with Crippen LogP contribution in [0.5, 0.6) is 0 Å². The number of nitrogens with zero attached hydrogens (tertiary/aromatic N) is 3. The predicted molar refractivity (Wildman–Crippen MR) is 325 cm³/mol. The summed E-state index contributed by atoms with van der Waals surface area (Å²) in [4.78, 5) is 98.9. The van der Waals surface area contributed by atoms with Crippen LogP contribution in [-0.2, 0) is 47.8 Å². The molecule has 19 heteroatoms. The fourth-order valence-electron chi connectivity index (χ4n) is 9.41. The van der Waals surface area contributed by atoms with E-state index in [0.29, 0.717) is 50.6 Å². The van der Waals surface area contributed by atoms with E-state index in [-0.39, 0.29) is 95.8 Å². The lowest BCUT2D eigenvalue weighted by atomic mass is 9.86. The Morgan fingerprint density at radius 1 is 0.963 bits per heavy atom. The standard InChI is InChI=1S/C52H89FN4O7S.C3H8.C2H5NO.C2H6.CH3NO.CH2O2/c1-15-36(6)48(43(63-13)33-46(59)56-29-21-24-42(56)49(64-14)39(9)50(61)54-38(8)31-40(16-2)26-25-37(7)53)55(12)45(58)32-41(35(4)5)23-19-18-20-28-57-47(60)34-44(51(57)62)65-30-22-27-52(10,11)17-3;1-3-2;1-3-2-4;1-2;2*2-1-3/h16,25-26,35-36,38-39,41-44,48-49H,2,15,17-24,27-34H2,1,3-14H3,(H,54,61);3H2,1-2H3;2H,1H3,(H,3,4);1-2H3;1H,(H2,2,3);1H,(H,2,3)/b37-25+,40-26+;;;;;. The number of amides is 7. The molecule has 2 aliphatic rings. The number of carboxylic acid groups (broad SMARTS) is 1. The Morgan fingerprint density at radius 3 is 2.01 bits per heavy atom. The van der Waals surface area contributed by atoms with Gasteiger partial charge < -0.3 is 40.7 Å². The molecular weight excluding hydrogens is 1040 g/mol. The number of ether oxygens (including phenoxy) is 2.